The van der Waals surface area contributed by atoms with E-state index in [0.717, 1.165) is 26.2 Å². The van der Waals surface area contributed by atoms with Crippen LogP contribution in [-0.4, -0.2) is 55.0 Å². The first-order chi connectivity index (χ1) is 7.51. The van der Waals surface area contributed by atoms with Crippen molar-refractivity contribution in [1.29, 1.82) is 0 Å². The molecule has 0 bridgehead atoms. The van der Waals surface area contributed by atoms with Crippen LogP contribution in [0.1, 0.15) is 13.8 Å². The first-order valence-corrected chi connectivity index (χ1v) is 5.66. The van der Waals surface area contributed by atoms with Crippen molar-refractivity contribution in [1.82, 2.24) is 9.80 Å². The smallest absolute Gasteiger partial charge is 0.229 e. The van der Waals surface area contributed by atoms with Crippen molar-refractivity contribution in [2.75, 3.05) is 39.3 Å². The van der Waals surface area contributed by atoms with Crippen molar-refractivity contribution in [3.63, 3.8) is 0 Å². The summed E-state index contributed by atoms with van der Waals surface area (Å²) in [6.45, 7) is 8.06. The maximum Gasteiger partial charge on any atom is 0.229 e. The molecule has 1 amide bonds. The lowest BCUT2D eigenvalue weighted by molar-refractivity contribution is -0.141. The molecule has 1 aliphatic heterocycles. The standard InChI is InChI=1S/C12H21N3O/c1-4-5-14-6-8-15(9-7-14)11(16)12(2,3)10-13/h1H,5-10,13H2,2-3H3. The van der Waals surface area contributed by atoms with Gasteiger partial charge in [-0.05, 0) is 13.8 Å². The van der Waals surface area contributed by atoms with Crippen molar-refractivity contribution in [3.05, 3.63) is 0 Å². The average molecular weight is 223 g/mol. The highest BCUT2D eigenvalue weighted by molar-refractivity contribution is 5.82. The Morgan fingerprint density at radius 2 is 1.94 bits per heavy atom. The van der Waals surface area contributed by atoms with Gasteiger partial charge in [-0.3, -0.25) is 9.69 Å². The van der Waals surface area contributed by atoms with E-state index in [1.165, 1.54) is 0 Å². The lowest BCUT2D eigenvalue weighted by Crippen LogP contribution is -2.53. The largest absolute Gasteiger partial charge is 0.340 e. The summed E-state index contributed by atoms with van der Waals surface area (Å²) in [4.78, 5) is 16.2. The summed E-state index contributed by atoms with van der Waals surface area (Å²) in [6.07, 6.45) is 5.26. The molecule has 0 saturated carbocycles. The molecule has 1 rings (SSSR count). The summed E-state index contributed by atoms with van der Waals surface area (Å²) < 4.78 is 0. The van der Waals surface area contributed by atoms with Crippen LogP contribution in [0.15, 0.2) is 0 Å². The third-order valence-corrected chi connectivity index (χ3v) is 3.06. The summed E-state index contributed by atoms with van der Waals surface area (Å²) in [5.74, 6) is 2.77. The molecule has 0 aromatic carbocycles. The number of rotatable bonds is 3. The third kappa shape index (κ3) is 2.97. The highest BCUT2D eigenvalue weighted by atomic mass is 16.2. The molecule has 0 spiro atoms. The normalized spacial score (nSPS) is 18.2. The molecule has 0 radical (unpaired) electrons. The second-order valence-electron chi connectivity index (χ2n) is 4.86. The molecule has 0 unspecified atom stereocenters. The Kier molecular flexibility index (Phi) is 4.34. The maximum atomic E-state index is 12.1. The monoisotopic (exact) mass is 223 g/mol. The number of amides is 1. The summed E-state index contributed by atoms with van der Waals surface area (Å²) in [5.41, 5.74) is 5.15. The van der Waals surface area contributed by atoms with Crippen LogP contribution in [0.2, 0.25) is 0 Å². The molecule has 4 nitrogen and oxygen atoms in total. The second kappa shape index (κ2) is 5.33. The van der Waals surface area contributed by atoms with E-state index in [-0.39, 0.29) is 5.91 Å². The van der Waals surface area contributed by atoms with Crippen LogP contribution in [0.5, 0.6) is 0 Å². The summed E-state index contributed by atoms with van der Waals surface area (Å²) >= 11 is 0. The predicted molar refractivity (Wildman–Crippen MR) is 64.7 cm³/mol. The predicted octanol–water partition coefficient (Wildman–Crippen LogP) is -0.251. The topological polar surface area (TPSA) is 49.6 Å². The molecule has 1 saturated heterocycles. The minimum atomic E-state index is -0.450. The van der Waals surface area contributed by atoms with Gasteiger partial charge in [-0.15, -0.1) is 6.42 Å². The zero-order valence-electron chi connectivity index (χ0n) is 10.2. The molecule has 2 N–H and O–H groups in total. The number of nitrogens with zero attached hydrogens (tertiary/aromatic N) is 2. The zero-order chi connectivity index (χ0) is 12.2. The Morgan fingerprint density at radius 1 is 1.38 bits per heavy atom. The fourth-order valence-corrected chi connectivity index (χ4v) is 1.75. The van der Waals surface area contributed by atoms with Gasteiger partial charge in [0, 0.05) is 32.7 Å². The second-order valence-corrected chi connectivity index (χ2v) is 4.86. The van der Waals surface area contributed by atoms with E-state index in [4.69, 9.17) is 12.2 Å². The van der Waals surface area contributed by atoms with Gasteiger partial charge < -0.3 is 10.6 Å². The number of nitrogens with two attached hydrogens (primary N) is 1. The van der Waals surface area contributed by atoms with Crippen LogP contribution in [-0.2, 0) is 4.79 Å². The first kappa shape index (κ1) is 13.0. The van der Waals surface area contributed by atoms with Crippen LogP contribution < -0.4 is 5.73 Å². The highest BCUT2D eigenvalue weighted by Gasteiger charge is 2.32. The molecule has 0 aliphatic carbocycles. The number of piperazine rings is 1. The molecule has 1 heterocycles. The molecule has 4 heteroatoms. The minimum Gasteiger partial charge on any atom is -0.340 e. The Bertz CT molecular complexity index is 285. The van der Waals surface area contributed by atoms with Gasteiger partial charge in [0.15, 0.2) is 0 Å². The Morgan fingerprint density at radius 3 is 2.38 bits per heavy atom. The van der Waals surface area contributed by atoms with Crippen molar-refractivity contribution < 1.29 is 4.79 Å². The molecule has 16 heavy (non-hydrogen) atoms. The number of hydrogen-bond acceptors (Lipinski definition) is 3. The quantitative estimate of drug-likeness (QED) is 0.671. The Hall–Kier alpha value is -1.05. The van der Waals surface area contributed by atoms with E-state index in [1.807, 2.05) is 18.7 Å². The summed E-state index contributed by atoms with van der Waals surface area (Å²) in [6, 6.07) is 0. The number of hydrogen-bond donors (Lipinski definition) is 1. The molecule has 0 atom stereocenters. The van der Waals surface area contributed by atoms with Gasteiger partial charge in [-0.25, -0.2) is 0 Å². The van der Waals surface area contributed by atoms with Crippen molar-refractivity contribution in [2.24, 2.45) is 11.1 Å². The van der Waals surface area contributed by atoms with Gasteiger partial charge in [0.25, 0.3) is 0 Å². The number of carbonyl (C=O) groups is 1. The summed E-state index contributed by atoms with van der Waals surface area (Å²) in [7, 11) is 0. The molecule has 90 valence electrons. The van der Waals surface area contributed by atoms with Gasteiger partial charge in [0.1, 0.15) is 0 Å². The average Bonchev–Trinajstić information content (AvgIpc) is 2.29. The third-order valence-electron chi connectivity index (χ3n) is 3.06. The van der Waals surface area contributed by atoms with E-state index in [0.29, 0.717) is 13.1 Å². The van der Waals surface area contributed by atoms with E-state index in [9.17, 15) is 4.79 Å². The highest BCUT2D eigenvalue weighted by Crippen LogP contribution is 2.18. The lowest BCUT2D eigenvalue weighted by Gasteiger charge is -2.37. The van der Waals surface area contributed by atoms with Crippen molar-refractivity contribution in [3.8, 4) is 12.3 Å². The van der Waals surface area contributed by atoms with Gasteiger partial charge in [-0.1, -0.05) is 5.92 Å². The van der Waals surface area contributed by atoms with E-state index in [1.54, 1.807) is 0 Å². The Balaban J connectivity index is 2.48. The fraction of sp³-hybridized carbons (Fsp3) is 0.750. The van der Waals surface area contributed by atoms with Crippen LogP contribution in [0, 0.1) is 17.8 Å². The number of terminal acetylenes is 1. The van der Waals surface area contributed by atoms with Crippen LogP contribution in [0.4, 0.5) is 0 Å². The molecular formula is C12H21N3O. The minimum absolute atomic E-state index is 0.148. The van der Waals surface area contributed by atoms with Gasteiger partial charge in [-0.2, -0.15) is 0 Å². The molecule has 0 aromatic rings. The fourth-order valence-electron chi connectivity index (χ4n) is 1.75. The van der Waals surface area contributed by atoms with Gasteiger partial charge in [0.2, 0.25) is 5.91 Å². The lowest BCUT2D eigenvalue weighted by atomic mass is 9.91. The van der Waals surface area contributed by atoms with E-state index in [2.05, 4.69) is 10.8 Å². The molecule has 1 aliphatic rings. The van der Waals surface area contributed by atoms with Gasteiger partial charge >= 0.3 is 0 Å². The van der Waals surface area contributed by atoms with Crippen molar-refractivity contribution >= 4 is 5.91 Å². The van der Waals surface area contributed by atoms with Crippen LogP contribution in [0.25, 0.3) is 0 Å². The van der Waals surface area contributed by atoms with Crippen LogP contribution >= 0.6 is 0 Å². The van der Waals surface area contributed by atoms with Crippen LogP contribution in [0.3, 0.4) is 0 Å². The number of carbonyl (C=O) groups excluding carboxylic acids is 1. The Labute approximate surface area is 97.8 Å². The summed E-state index contributed by atoms with van der Waals surface area (Å²) in [5, 5.41) is 0. The van der Waals surface area contributed by atoms with E-state index >= 15 is 0 Å². The van der Waals surface area contributed by atoms with E-state index < -0.39 is 5.41 Å². The molecule has 1 fully saturated rings. The molecule has 0 aromatic heterocycles. The zero-order valence-corrected chi connectivity index (χ0v) is 10.2. The van der Waals surface area contributed by atoms with Crippen molar-refractivity contribution in [2.45, 2.75) is 13.8 Å². The van der Waals surface area contributed by atoms with Gasteiger partial charge in [0.05, 0.1) is 12.0 Å². The first-order valence-electron chi connectivity index (χ1n) is 5.66. The maximum absolute atomic E-state index is 12.1. The molecular weight excluding hydrogens is 202 g/mol. The SMILES string of the molecule is C#CCN1CCN(C(=O)C(C)(C)CN)CC1.